The predicted octanol–water partition coefficient (Wildman–Crippen LogP) is 6.74. The van der Waals surface area contributed by atoms with Crippen molar-refractivity contribution in [3.8, 4) is 0 Å². The Bertz CT molecular complexity index is 1230. The molecule has 4 atom stereocenters. The minimum atomic E-state index is -3.43. The number of allylic oxidation sites excluding steroid dienone is 1. The van der Waals surface area contributed by atoms with E-state index in [0.29, 0.717) is 29.3 Å². The second-order valence-corrected chi connectivity index (χ2v) is 13.5. The topological polar surface area (TPSA) is 66.5 Å². The van der Waals surface area contributed by atoms with Gasteiger partial charge in [-0.3, -0.25) is 4.79 Å². The molecule has 1 saturated heterocycles. The third-order valence-electron chi connectivity index (χ3n) is 7.69. The van der Waals surface area contributed by atoms with Crippen LogP contribution in [0.15, 0.2) is 61.2 Å². The van der Waals surface area contributed by atoms with Crippen LogP contribution in [0.25, 0.3) is 0 Å². The zero-order valence-corrected chi connectivity index (χ0v) is 23.8. The van der Waals surface area contributed by atoms with Crippen molar-refractivity contribution in [1.29, 1.82) is 0 Å². The number of hydrogen-bond acceptors (Lipinski definition) is 3. The number of hydrogen-bond donors (Lipinski definition) is 1. The number of amides is 1. The highest BCUT2D eigenvalue weighted by Gasteiger charge is 2.53. The van der Waals surface area contributed by atoms with E-state index in [1.807, 2.05) is 67.3 Å². The maximum Gasteiger partial charge on any atom is 0.229 e. The first-order valence-corrected chi connectivity index (χ1v) is 15.4. The van der Waals surface area contributed by atoms with Crippen LogP contribution in [-0.4, -0.2) is 37.6 Å². The average molecular weight is 564 g/mol. The number of carbonyl (C=O) groups excluding carboxylic acids is 1. The number of nitrogens with zero attached hydrogens (tertiary/aromatic N) is 1. The Morgan fingerprint density at radius 1 is 1.14 bits per heavy atom. The summed E-state index contributed by atoms with van der Waals surface area (Å²) in [5, 5.41) is 1.27. The third kappa shape index (κ3) is 6.42. The van der Waals surface area contributed by atoms with Crippen LogP contribution in [0.3, 0.4) is 0 Å². The predicted molar refractivity (Wildman–Crippen MR) is 151 cm³/mol. The van der Waals surface area contributed by atoms with Crippen LogP contribution in [0.1, 0.15) is 69.0 Å². The van der Waals surface area contributed by atoms with Gasteiger partial charge in [-0.1, -0.05) is 67.4 Å². The Morgan fingerprint density at radius 2 is 1.84 bits per heavy atom. The largest absolute Gasteiger partial charge is 0.330 e. The first-order valence-electron chi connectivity index (χ1n) is 13.0. The van der Waals surface area contributed by atoms with Crippen molar-refractivity contribution in [3.05, 3.63) is 82.4 Å². The van der Waals surface area contributed by atoms with Gasteiger partial charge in [-0.2, -0.15) is 0 Å². The molecule has 0 bridgehead atoms. The Balaban J connectivity index is 1.85. The molecule has 0 aromatic heterocycles. The summed E-state index contributed by atoms with van der Waals surface area (Å²) in [6.45, 7) is 8.00. The van der Waals surface area contributed by atoms with Gasteiger partial charge in [-0.25, -0.2) is 13.1 Å². The molecule has 0 radical (unpaired) electrons. The molecule has 37 heavy (non-hydrogen) atoms. The second kappa shape index (κ2) is 11.5. The van der Waals surface area contributed by atoms with Crippen LogP contribution >= 0.6 is 23.2 Å². The van der Waals surface area contributed by atoms with Crippen LogP contribution < -0.4 is 4.72 Å². The van der Waals surface area contributed by atoms with Crippen LogP contribution in [-0.2, 0) is 14.8 Å². The highest BCUT2D eigenvalue weighted by Crippen LogP contribution is 2.54. The van der Waals surface area contributed by atoms with Gasteiger partial charge in [0, 0.05) is 28.5 Å². The Morgan fingerprint density at radius 3 is 2.43 bits per heavy atom. The van der Waals surface area contributed by atoms with Gasteiger partial charge in [0.2, 0.25) is 15.9 Å². The fourth-order valence-corrected chi connectivity index (χ4v) is 7.21. The molecule has 4 rings (SSSR count). The number of piperidine rings is 1. The fourth-order valence-electron chi connectivity index (χ4n) is 5.78. The van der Waals surface area contributed by atoms with Crippen LogP contribution in [0.5, 0.6) is 0 Å². The molecule has 1 saturated carbocycles. The maximum absolute atomic E-state index is 14.4. The standard InChI is InChI=1S/C29H36Cl2N2O3S/c1-4-15-29(3)18-25(22-7-6-8-24(31)17-22)27(21-11-13-23(30)14-12-21)33(28(29)34)26(20-9-10-20)19-32-37(35,36)16-5-2/h4,6-8,11-14,17,20,25-27,32H,1,5,9-10,15-16,18-19H2,2-3H3/t25-,26-,27?,29+/m1/s1. The van der Waals surface area contributed by atoms with E-state index >= 15 is 0 Å². The zero-order chi connectivity index (χ0) is 26.8. The molecule has 1 aliphatic heterocycles. The molecule has 8 heteroatoms. The molecule has 2 aromatic rings. The molecule has 1 unspecified atom stereocenters. The van der Waals surface area contributed by atoms with Gasteiger partial charge in [-0.05, 0) is 73.4 Å². The molecule has 2 aliphatic rings. The summed E-state index contributed by atoms with van der Waals surface area (Å²) in [4.78, 5) is 16.4. The minimum Gasteiger partial charge on any atom is -0.330 e. The smallest absolute Gasteiger partial charge is 0.229 e. The number of rotatable bonds is 11. The van der Waals surface area contributed by atoms with Gasteiger partial charge in [0.25, 0.3) is 0 Å². The first kappa shape index (κ1) is 28.2. The van der Waals surface area contributed by atoms with E-state index in [1.54, 1.807) is 0 Å². The fraction of sp³-hybridized carbons (Fsp3) is 0.483. The molecule has 1 aliphatic carbocycles. The monoisotopic (exact) mass is 562 g/mol. The molecular formula is C29H36Cl2N2O3S. The summed E-state index contributed by atoms with van der Waals surface area (Å²) in [6, 6.07) is 15.0. The molecule has 1 N–H and O–H groups in total. The van der Waals surface area contributed by atoms with Gasteiger partial charge in [0.1, 0.15) is 0 Å². The lowest BCUT2D eigenvalue weighted by atomic mass is 9.67. The lowest BCUT2D eigenvalue weighted by Crippen LogP contribution is -2.58. The molecule has 5 nitrogen and oxygen atoms in total. The maximum atomic E-state index is 14.4. The highest BCUT2D eigenvalue weighted by atomic mass is 35.5. The number of halogens is 2. The van der Waals surface area contributed by atoms with Crippen molar-refractivity contribution < 1.29 is 13.2 Å². The van der Waals surface area contributed by atoms with Crippen molar-refractivity contribution in [2.45, 2.75) is 64.0 Å². The summed E-state index contributed by atoms with van der Waals surface area (Å²) in [5.74, 6) is 0.306. The van der Waals surface area contributed by atoms with E-state index in [-0.39, 0.29) is 42.1 Å². The van der Waals surface area contributed by atoms with Gasteiger partial charge < -0.3 is 4.90 Å². The zero-order valence-electron chi connectivity index (χ0n) is 21.5. The van der Waals surface area contributed by atoms with E-state index in [9.17, 15) is 13.2 Å². The number of sulfonamides is 1. The van der Waals surface area contributed by atoms with Crippen molar-refractivity contribution in [3.63, 3.8) is 0 Å². The van der Waals surface area contributed by atoms with Gasteiger partial charge >= 0.3 is 0 Å². The Hall–Kier alpha value is -1.86. The Labute approximate surface area is 231 Å². The summed E-state index contributed by atoms with van der Waals surface area (Å²) < 4.78 is 28.1. The van der Waals surface area contributed by atoms with Gasteiger partial charge in [0.05, 0.1) is 17.2 Å². The number of carbonyl (C=O) groups is 1. The third-order valence-corrected chi connectivity index (χ3v) is 9.73. The summed E-state index contributed by atoms with van der Waals surface area (Å²) in [5.41, 5.74) is 1.36. The molecular weight excluding hydrogens is 527 g/mol. The quantitative estimate of drug-likeness (QED) is 0.308. The number of benzene rings is 2. The van der Waals surface area contributed by atoms with E-state index in [1.165, 1.54) is 0 Å². The first-order chi connectivity index (χ1) is 17.6. The van der Waals surface area contributed by atoms with Gasteiger partial charge in [-0.15, -0.1) is 6.58 Å². The highest BCUT2D eigenvalue weighted by molar-refractivity contribution is 7.89. The molecule has 1 heterocycles. The Kier molecular flexibility index (Phi) is 8.74. The van der Waals surface area contributed by atoms with E-state index < -0.39 is 15.4 Å². The number of nitrogens with one attached hydrogen (secondary N) is 1. The number of likely N-dealkylation sites (tertiary alicyclic amines) is 1. The molecule has 0 spiro atoms. The van der Waals surface area contributed by atoms with Crippen molar-refractivity contribution in [2.24, 2.45) is 11.3 Å². The normalized spacial score (nSPS) is 25.2. The molecule has 2 fully saturated rings. The molecule has 200 valence electrons. The van der Waals surface area contributed by atoms with Crippen LogP contribution in [0, 0.1) is 11.3 Å². The van der Waals surface area contributed by atoms with Crippen molar-refractivity contribution in [1.82, 2.24) is 9.62 Å². The van der Waals surface area contributed by atoms with Crippen molar-refractivity contribution in [2.75, 3.05) is 12.3 Å². The van der Waals surface area contributed by atoms with Crippen LogP contribution in [0.4, 0.5) is 0 Å². The summed E-state index contributed by atoms with van der Waals surface area (Å²) in [6.07, 6.45) is 5.44. The van der Waals surface area contributed by atoms with Crippen LogP contribution in [0.2, 0.25) is 10.0 Å². The van der Waals surface area contributed by atoms with E-state index in [2.05, 4.69) is 17.4 Å². The average Bonchev–Trinajstić information content (AvgIpc) is 3.68. The lowest BCUT2D eigenvalue weighted by Gasteiger charge is -2.52. The molecule has 2 aromatic carbocycles. The van der Waals surface area contributed by atoms with E-state index in [4.69, 9.17) is 23.2 Å². The van der Waals surface area contributed by atoms with Crippen molar-refractivity contribution >= 4 is 39.1 Å². The lowest BCUT2D eigenvalue weighted by molar-refractivity contribution is -0.155. The summed E-state index contributed by atoms with van der Waals surface area (Å²) >= 11 is 12.7. The second-order valence-electron chi connectivity index (χ2n) is 10.7. The summed E-state index contributed by atoms with van der Waals surface area (Å²) in [7, 11) is -3.43. The van der Waals surface area contributed by atoms with Gasteiger partial charge in [0.15, 0.2) is 0 Å². The minimum absolute atomic E-state index is 0.0391. The molecule has 1 amide bonds. The van der Waals surface area contributed by atoms with E-state index in [0.717, 1.165) is 24.0 Å². The SMILES string of the molecule is C=CC[C@@]1(C)C[C@H](c2cccc(Cl)c2)C(c2ccc(Cl)cc2)N([C@H](CNS(=O)(=O)CCC)C2CC2)C1=O.